The smallest absolute Gasteiger partial charge is 0.00199 e. The van der Waals surface area contributed by atoms with Crippen molar-refractivity contribution in [2.75, 3.05) is 0 Å². The van der Waals surface area contributed by atoms with E-state index < -0.39 is 0 Å². The van der Waals surface area contributed by atoms with Gasteiger partial charge in [0.15, 0.2) is 0 Å². The number of hydrogen-bond acceptors (Lipinski definition) is 0. The van der Waals surface area contributed by atoms with Gasteiger partial charge < -0.3 is 0 Å². The first-order valence-electron chi connectivity index (χ1n) is 16.6. The zero-order chi connectivity index (χ0) is 31.9. The number of fused-ring (bicyclic) bond motifs is 5. The molecule has 0 N–H and O–H groups in total. The largest absolute Gasteiger partial charge is 0.0622 e. The molecule has 0 heteroatoms. The van der Waals surface area contributed by atoms with Crippen LogP contribution in [0.4, 0.5) is 0 Å². The Labute approximate surface area is 280 Å². The van der Waals surface area contributed by atoms with Gasteiger partial charge in [0.25, 0.3) is 0 Å². The SMILES string of the molecule is C(=Cc1ccc(-c2c3ccccc3c(-c3cc4ccccc4c4ccccc34)c3ccccc23)cc1)c1ccc(-c2ccccc2)cc1. The van der Waals surface area contributed by atoms with Gasteiger partial charge >= 0.3 is 0 Å². The molecule has 0 aliphatic rings. The Morgan fingerprint density at radius 1 is 0.271 bits per heavy atom. The van der Waals surface area contributed by atoms with Crippen molar-refractivity contribution < 1.29 is 0 Å². The van der Waals surface area contributed by atoms with Gasteiger partial charge in [0, 0.05) is 0 Å². The van der Waals surface area contributed by atoms with Crippen LogP contribution < -0.4 is 0 Å². The van der Waals surface area contributed by atoms with Crippen molar-refractivity contribution in [1.82, 2.24) is 0 Å². The number of hydrogen-bond donors (Lipinski definition) is 0. The van der Waals surface area contributed by atoms with E-state index in [-0.39, 0.29) is 0 Å². The van der Waals surface area contributed by atoms with Crippen molar-refractivity contribution in [2.24, 2.45) is 0 Å². The van der Waals surface area contributed by atoms with Gasteiger partial charge in [-0.3, -0.25) is 0 Å². The number of benzene rings is 9. The maximum absolute atomic E-state index is 2.39. The first kappa shape index (κ1) is 28.0. The van der Waals surface area contributed by atoms with E-state index in [4.69, 9.17) is 0 Å². The minimum absolute atomic E-state index is 1.18. The van der Waals surface area contributed by atoms with E-state index in [1.54, 1.807) is 0 Å². The molecule has 0 fully saturated rings. The van der Waals surface area contributed by atoms with Crippen LogP contribution in [0.2, 0.25) is 0 Å². The molecule has 0 bridgehead atoms. The molecule has 0 amide bonds. The van der Waals surface area contributed by atoms with Crippen LogP contribution in [0.25, 0.3) is 88.6 Å². The molecule has 0 aliphatic carbocycles. The zero-order valence-electron chi connectivity index (χ0n) is 26.5. The van der Waals surface area contributed by atoms with Gasteiger partial charge in [-0.2, -0.15) is 0 Å². The summed E-state index contributed by atoms with van der Waals surface area (Å²) in [5, 5.41) is 10.2. The van der Waals surface area contributed by atoms with Crippen LogP contribution in [0.15, 0.2) is 182 Å². The molecule has 9 aromatic carbocycles. The normalized spacial score (nSPS) is 11.7. The Bertz CT molecular complexity index is 2570. The predicted molar refractivity (Wildman–Crippen MR) is 208 cm³/mol. The summed E-state index contributed by atoms with van der Waals surface area (Å²) in [5.74, 6) is 0. The van der Waals surface area contributed by atoms with Crippen LogP contribution in [0.5, 0.6) is 0 Å². The summed E-state index contributed by atoms with van der Waals surface area (Å²) in [6.07, 6.45) is 4.39. The van der Waals surface area contributed by atoms with Crippen molar-refractivity contribution in [3.8, 4) is 33.4 Å². The summed E-state index contributed by atoms with van der Waals surface area (Å²) in [6.45, 7) is 0. The third-order valence-corrected chi connectivity index (χ3v) is 9.65. The summed E-state index contributed by atoms with van der Waals surface area (Å²) in [6, 6.07) is 66.1. The molecule has 9 aromatic rings. The molecule has 0 aromatic heterocycles. The van der Waals surface area contributed by atoms with E-state index >= 15 is 0 Å². The van der Waals surface area contributed by atoms with E-state index in [0.717, 1.165) is 0 Å². The molecular formula is C48H32. The van der Waals surface area contributed by atoms with E-state index in [0.29, 0.717) is 0 Å². The third kappa shape index (κ3) is 4.87. The molecule has 0 atom stereocenters. The van der Waals surface area contributed by atoms with Gasteiger partial charge in [-0.1, -0.05) is 188 Å². The van der Waals surface area contributed by atoms with E-state index in [1.165, 1.54) is 87.6 Å². The van der Waals surface area contributed by atoms with Crippen molar-refractivity contribution in [1.29, 1.82) is 0 Å². The minimum Gasteiger partial charge on any atom is -0.0622 e. The highest BCUT2D eigenvalue weighted by Gasteiger charge is 2.18. The van der Waals surface area contributed by atoms with Crippen LogP contribution in [0.3, 0.4) is 0 Å². The average molecular weight is 609 g/mol. The van der Waals surface area contributed by atoms with Gasteiger partial charge in [0.05, 0.1) is 0 Å². The monoisotopic (exact) mass is 608 g/mol. The molecule has 0 nitrogen and oxygen atoms in total. The van der Waals surface area contributed by atoms with E-state index in [1.807, 2.05) is 0 Å². The number of rotatable bonds is 5. The standard InChI is InChI=1S/C48H32/c1-2-12-35(13-3-1)36-28-24-33(25-29-36)22-23-34-26-30-37(31-27-34)47-42-18-8-10-20-44(42)48(45-21-11-9-19-43(45)47)46-32-38-14-4-5-15-39(38)40-16-6-7-17-41(40)46/h1-32H. The van der Waals surface area contributed by atoms with Gasteiger partial charge in [-0.05, 0) is 93.7 Å². The topological polar surface area (TPSA) is 0 Å². The molecule has 0 heterocycles. The third-order valence-electron chi connectivity index (χ3n) is 9.65. The predicted octanol–water partition coefficient (Wildman–Crippen LogP) is 13.5. The molecule has 0 saturated carbocycles. The van der Waals surface area contributed by atoms with Gasteiger partial charge in [-0.15, -0.1) is 0 Å². The highest BCUT2D eigenvalue weighted by Crippen LogP contribution is 2.46. The second-order valence-electron chi connectivity index (χ2n) is 12.5. The van der Waals surface area contributed by atoms with Crippen molar-refractivity contribution in [3.05, 3.63) is 193 Å². The van der Waals surface area contributed by atoms with E-state index in [2.05, 4.69) is 194 Å². The molecule has 48 heavy (non-hydrogen) atoms. The molecule has 9 rings (SSSR count). The Kier molecular flexibility index (Phi) is 6.91. The average Bonchev–Trinajstić information content (AvgIpc) is 3.17. The molecule has 0 unspecified atom stereocenters. The Balaban J connectivity index is 1.15. The highest BCUT2D eigenvalue weighted by atomic mass is 14.2. The van der Waals surface area contributed by atoms with Crippen LogP contribution in [0, 0.1) is 0 Å². The van der Waals surface area contributed by atoms with Crippen LogP contribution in [0.1, 0.15) is 11.1 Å². The fourth-order valence-corrected chi connectivity index (χ4v) is 7.36. The van der Waals surface area contributed by atoms with Crippen molar-refractivity contribution in [2.45, 2.75) is 0 Å². The molecule has 0 radical (unpaired) electrons. The van der Waals surface area contributed by atoms with E-state index in [9.17, 15) is 0 Å². The van der Waals surface area contributed by atoms with Gasteiger partial charge in [0.2, 0.25) is 0 Å². The lowest BCUT2D eigenvalue weighted by atomic mass is 9.84. The highest BCUT2D eigenvalue weighted by molar-refractivity contribution is 6.25. The van der Waals surface area contributed by atoms with Gasteiger partial charge in [-0.25, -0.2) is 0 Å². The maximum Gasteiger partial charge on any atom is -0.00199 e. The fourth-order valence-electron chi connectivity index (χ4n) is 7.36. The lowest BCUT2D eigenvalue weighted by Crippen LogP contribution is -1.92. The first-order chi connectivity index (χ1) is 23.8. The minimum atomic E-state index is 1.18. The Morgan fingerprint density at radius 2 is 0.688 bits per heavy atom. The molecule has 0 saturated heterocycles. The summed E-state index contributed by atoms with van der Waals surface area (Å²) in [5.41, 5.74) is 9.92. The van der Waals surface area contributed by atoms with Crippen LogP contribution in [-0.4, -0.2) is 0 Å². The summed E-state index contributed by atoms with van der Waals surface area (Å²) in [7, 11) is 0. The molecule has 0 spiro atoms. The van der Waals surface area contributed by atoms with Crippen molar-refractivity contribution >= 4 is 55.2 Å². The second-order valence-corrected chi connectivity index (χ2v) is 12.5. The Morgan fingerprint density at radius 3 is 1.27 bits per heavy atom. The van der Waals surface area contributed by atoms with Crippen LogP contribution >= 0.6 is 0 Å². The van der Waals surface area contributed by atoms with Crippen LogP contribution in [-0.2, 0) is 0 Å². The maximum atomic E-state index is 2.39. The quantitative estimate of drug-likeness (QED) is 0.104. The lowest BCUT2D eigenvalue weighted by Gasteiger charge is -2.19. The second kappa shape index (κ2) is 11.8. The molecular weight excluding hydrogens is 577 g/mol. The summed E-state index contributed by atoms with van der Waals surface area (Å²) < 4.78 is 0. The molecule has 0 aliphatic heterocycles. The summed E-state index contributed by atoms with van der Waals surface area (Å²) in [4.78, 5) is 0. The summed E-state index contributed by atoms with van der Waals surface area (Å²) >= 11 is 0. The fraction of sp³-hybridized carbons (Fsp3) is 0. The zero-order valence-corrected chi connectivity index (χ0v) is 26.5. The molecule has 224 valence electrons. The van der Waals surface area contributed by atoms with Crippen molar-refractivity contribution in [3.63, 3.8) is 0 Å². The Hall–Kier alpha value is -6.24. The lowest BCUT2D eigenvalue weighted by molar-refractivity contribution is 1.60. The van der Waals surface area contributed by atoms with Gasteiger partial charge in [0.1, 0.15) is 0 Å². The first-order valence-corrected chi connectivity index (χ1v) is 16.6.